The number of para-hydroxylation sites is 1. The summed E-state index contributed by atoms with van der Waals surface area (Å²) in [6.45, 7) is 5.75. The van der Waals surface area contributed by atoms with Crippen molar-refractivity contribution in [1.82, 2.24) is 9.78 Å². The van der Waals surface area contributed by atoms with E-state index < -0.39 is 0 Å². The van der Waals surface area contributed by atoms with Crippen molar-refractivity contribution in [2.75, 3.05) is 12.4 Å². The molecule has 0 aliphatic rings. The Bertz CT molecular complexity index is 520. The summed E-state index contributed by atoms with van der Waals surface area (Å²) in [5.41, 5.74) is 2.30. The van der Waals surface area contributed by atoms with Gasteiger partial charge in [0.05, 0.1) is 7.11 Å². The number of hydrogen-bond acceptors (Lipinski definition) is 3. The third-order valence-corrected chi connectivity index (χ3v) is 2.93. The van der Waals surface area contributed by atoms with E-state index in [-0.39, 0.29) is 0 Å². The highest BCUT2D eigenvalue weighted by molar-refractivity contribution is 5.40. The summed E-state index contributed by atoms with van der Waals surface area (Å²) in [6, 6.07) is 10.1. The predicted octanol–water partition coefficient (Wildman–Crippen LogP) is 2.83. The summed E-state index contributed by atoms with van der Waals surface area (Å²) in [4.78, 5) is 0. The van der Waals surface area contributed by atoms with Crippen molar-refractivity contribution in [2.45, 2.75) is 26.9 Å². The molecule has 0 amide bonds. The van der Waals surface area contributed by atoms with Gasteiger partial charge in [0.1, 0.15) is 11.6 Å². The molecule has 0 bridgehead atoms. The molecule has 0 aliphatic heterocycles. The fourth-order valence-electron chi connectivity index (χ4n) is 1.95. The number of nitrogens with one attached hydrogen (secondary N) is 1. The molecule has 96 valence electrons. The molecule has 0 atom stereocenters. The van der Waals surface area contributed by atoms with Crippen LogP contribution >= 0.6 is 0 Å². The molecular formula is C14H19N3O. The van der Waals surface area contributed by atoms with Crippen molar-refractivity contribution in [2.24, 2.45) is 0 Å². The molecule has 1 aromatic carbocycles. The lowest BCUT2D eigenvalue weighted by Gasteiger charge is -2.08. The van der Waals surface area contributed by atoms with Crippen LogP contribution in [-0.2, 0) is 13.1 Å². The summed E-state index contributed by atoms with van der Waals surface area (Å²) in [7, 11) is 1.69. The smallest absolute Gasteiger partial charge is 0.148 e. The quantitative estimate of drug-likeness (QED) is 0.880. The maximum Gasteiger partial charge on any atom is 0.148 e. The molecule has 0 aliphatic carbocycles. The van der Waals surface area contributed by atoms with Gasteiger partial charge in [0, 0.05) is 30.4 Å². The van der Waals surface area contributed by atoms with Crippen molar-refractivity contribution in [3.05, 3.63) is 41.6 Å². The van der Waals surface area contributed by atoms with E-state index in [4.69, 9.17) is 4.74 Å². The van der Waals surface area contributed by atoms with Crippen LogP contribution in [-0.4, -0.2) is 16.9 Å². The SMILES string of the molecule is CCn1nc(NCc2ccccc2OC)cc1C. The van der Waals surface area contributed by atoms with Crippen LogP contribution in [0.5, 0.6) is 5.75 Å². The van der Waals surface area contributed by atoms with Gasteiger partial charge in [-0.15, -0.1) is 0 Å². The maximum atomic E-state index is 5.32. The summed E-state index contributed by atoms with van der Waals surface area (Å²) in [5.74, 6) is 1.80. The largest absolute Gasteiger partial charge is 0.496 e. The first-order chi connectivity index (χ1) is 8.74. The van der Waals surface area contributed by atoms with Crippen LogP contribution in [0.1, 0.15) is 18.2 Å². The van der Waals surface area contributed by atoms with Crippen LogP contribution < -0.4 is 10.1 Å². The molecule has 2 aromatic rings. The molecule has 1 aromatic heterocycles. The van der Waals surface area contributed by atoms with Crippen LogP contribution in [0.25, 0.3) is 0 Å². The first-order valence-electron chi connectivity index (χ1n) is 6.14. The fraction of sp³-hybridized carbons (Fsp3) is 0.357. The minimum absolute atomic E-state index is 0.712. The lowest BCUT2D eigenvalue weighted by atomic mass is 10.2. The third kappa shape index (κ3) is 2.64. The van der Waals surface area contributed by atoms with Gasteiger partial charge in [-0.3, -0.25) is 4.68 Å². The maximum absolute atomic E-state index is 5.32. The lowest BCUT2D eigenvalue weighted by molar-refractivity contribution is 0.410. The number of aryl methyl sites for hydroxylation is 2. The zero-order valence-electron chi connectivity index (χ0n) is 11.1. The number of methoxy groups -OCH3 is 1. The van der Waals surface area contributed by atoms with Gasteiger partial charge < -0.3 is 10.1 Å². The highest BCUT2D eigenvalue weighted by atomic mass is 16.5. The molecule has 0 saturated heterocycles. The molecule has 4 nitrogen and oxygen atoms in total. The fourth-order valence-corrected chi connectivity index (χ4v) is 1.95. The van der Waals surface area contributed by atoms with E-state index in [0.29, 0.717) is 6.54 Å². The van der Waals surface area contributed by atoms with Gasteiger partial charge in [0.25, 0.3) is 0 Å². The molecule has 0 saturated carbocycles. The highest BCUT2D eigenvalue weighted by Crippen LogP contribution is 2.18. The van der Waals surface area contributed by atoms with Crippen LogP contribution in [0.4, 0.5) is 5.82 Å². The van der Waals surface area contributed by atoms with Gasteiger partial charge >= 0.3 is 0 Å². The standard InChI is InChI=1S/C14H19N3O/c1-4-17-11(2)9-14(16-17)15-10-12-7-5-6-8-13(12)18-3/h5-9H,4,10H2,1-3H3,(H,15,16). The van der Waals surface area contributed by atoms with Crippen molar-refractivity contribution in [3.63, 3.8) is 0 Å². The van der Waals surface area contributed by atoms with Crippen molar-refractivity contribution in [3.8, 4) is 5.75 Å². The second-order valence-electron chi connectivity index (χ2n) is 4.15. The summed E-state index contributed by atoms with van der Waals surface area (Å²) >= 11 is 0. The normalized spacial score (nSPS) is 10.4. The van der Waals surface area contributed by atoms with E-state index in [1.807, 2.05) is 22.9 Å². The summed E-state index contributed by atoms with van der Waals surface area (Å²) in [6.07, 6.45) is 0. The van der Waals surface area contributed by atoms with Gasteiger partial charge in [-0.05, 0) is 19.9 Å². The molecule has 1 N–H and O–H groups in total. The molecule has 0 spiro atoms. The third-order valence-electron chi connectivity index (χ3n) is 2.93. The zero-order valence-corrected chi connectivity index (χ0v) is 11.1. The Labute approximate surface area is 108 Å². The van der Waals surface area contributed by atoms with Crippen LogP contribution in [0.3, 0.4) is 0 Å². The number of aromatic nitrogens is 2. The molecular weight excluding hydrogens is 226 g/mol. The average Bonchev–Trinajstić information content (AvgIpc) is 2.77. The minimum Gasteiger partial charge on any atom is -0.496 e. The lowest BCUT2D eigenvalue weighted by Crippen LogP contribution is -2.03. The van der Waals surface area contributed by atoms with Gasteiger partial charge in [-0.1, -0.05) is 18.2 Å². The van der Waals surface area contributed by atoms with E-state index in [9.17, 15) is 0 Å². The molecule has 0 fully saturated rings. The van der Waals surface area contributed by atoms with Gasteiger partial charge in [-0.2, -0.15) is 5.10 Å². The van der Waals surface area contributed by atoms with E-state index >= 15 is 0 Å². The van der Waals surface area contributed by atoms with Crippen molar-refractivity contribution < 1.29 is 4.74 Å². The zero-order chi connectivity index (χ0) is 13.0. The predicted molar refractivity (Wildman–Crippen MR) is 73.0 cm³/mol. The molecule has 1 heterocycles. The number of rotatable bonds is 5. The highest BCUT2D eigenvalue weighted by Gasteiger charge is 2.04. The van der Waals surface area contributed by atoms with Crippen LogP contribution in [0.15, 0.2) is 30.3 Å². The Morgan fingerprint density at radius 2 is 2.11 bits per heavy atom. The first kappa shape index (κ1) is 12.5. The van der Waals surface area contributed by atoms with Gasteiger partial charge in [0.15, 0.2) is 0 Å². The van der Waals surface area contributed by atoms with Crippen LogP contribution in [0, 0.1) is 6.92 Å². The minimum atomic E-state index is 0.712. The molecule has 0 radical (unpaired) electrons. The Balaban J connectivity index is 2.06. The summed E-state index contributed by atoms with van der Waals surface area (Å²) in [5, 5.41) is 7.78. The first-order valence-corrected chi connectivity index (χ1v) is 6.14. The second kappa shape index (κ2) is 5.58. The molecule has 4 heteroatoms. The summed E-state index contributed by atoms with van der Waals surface area (Å²) < 4.78 is 7.29. The monoisotopic (exact) mass is 245 g/mol. The van der Waals surface area contributed by atoms with E-state index in [1.54, 1.807) is 7.11 Å². The van der Waals surface area contributed by atoms with Crippen molar-refractivity contribution in [1.29, 1.82) is 0 Å². The Morgan fingerprint density at radius 1 is 1.33 bits per heavy atom. The Kier molecular flexibility index (Phi) is 3.87. The number of hydrogen-bond donors (Lipinski definition) is 1. The number of benzene rings is 1. The Morgan fingerprint density at radius 3 is 2.78 bits per heavy atom. The molecule has 0 unspecified atom stereocenters. The topological polar surface area (TPSA) is 39.1 Å². The number of anilines is 1. The van der Waals surface area contributed by atoms with E-state index in [2.05, 4.69) is 36.4 Å². The Hall–Kier alpha value is -1.97. The van der Waals surface area contributed by atoms with E-state index in [0.717, 1.165) is 23.7 Å². The second-order valence-corrected chi connectivity index (χ2v) is 4.15. The van der Waals surface area contributed by atoms with Crippen LogP contribution in [0.2, 0.25) is 0 Å². The van der Waals surface area contributed by atoms with Gasteiger partial charge in [-0.25, -0.2) is 0 Å². The van der Waals surface area contributed by atoms with E-state index in [1.165, 1.54) is 5.69 Å². The van der Waals surface area contributed by atoms with Crippen molar-refractivity contribution >= 4 is 5.82 Å². The molecule has 2 rings (SSSR count). The number of nitrogens with zero attached hydrogens (tertiary/aromatic N) is 2. The average molecular weight is 245 g/mol. The molecule has 18 heavy (non-hydrogen) atoms. The number of ether oxygens (including phenoxy) is 1. The van der Waals surface area contributed by atoms with Gasteiger partial charge in [0.2, 0.25) is 0 Å².